The van der Waals surface area contributed by atoms with Crippen molar-refractivity contribution in [3.63, 3.8) is 0 Å². The Bertz CT molecular complexity index is 646. The monoisotopic (exact) mass is 346 g/mol. The number of ether oxygens (including phenoxy) is 1. The zero-order chi connectivity index (χ0) is 17.4. The minimum absolute atomic E-state index is 0.0193. The molecule has 3 amide bonds. The number of urea groups is 1. The van der Waals surface area contributed by atoms with E-state index in [9.17, 15) is 14.4 Å². The smallest absolute Gasteiger partial charge is 0.374 e. The molecule has 0 atom stereocenters. The van der Waals surface area contributed by atoms with Crippen molar-refractivity contribution in [2.75, 3.05) is 6.61 Å². The molecule has 4 fully saturated rings. The van der Waals surface area contributed by atoms with E-state index in [2.05, 4.69) is 10.6 Å². The lowest BCUT2D eigenvalue weighted by molar-refractivity contribution is -0.123. The van der Waals surface area contributed by atoms with Crippen LogP contribution in [0.1, 0.15) is 49.1 Å². The molecule has 1 aromatic rings. The van der Waals surface area contributed by atoms with Crippen LogP contribution in [0.2, 0.25) is 0 Å². The number of carbonyl (C=O) groups is 3. The molecule has 7 heteroatoms. The molecule has 1 aromatic heterocycles. The molecule has 0 aromatic carbocycles. The Hall–Kier alpha value is -2.31. The fourth-order valence-corrected chi connectivity index (χ4v) is 5.30. The zero-order valence-corrected chi connectivity index (χ0v) is 14.0. The van der Waals surface area contributed by atoms with Crippen molar-refractivity contribution in [2.24, 2.45) is 17.8 Å². The van der Waals surface area contributed by atoms with Crippen LogP contribution in [-0.2, 0) is 9.53 Å². The first-order valence-corrected chi connectivity index (χ1v) is 8.84. The molecule has 1 heterocycles. The number of esters is 1. The minimum atomic E-state index is -0.735. The quantitative estimate of drug-likeness (QED) is 0.815. The van der Waals surface area contributed by atoms with Gasteiger partial charge in [0.2, 0.25) is 5.76 Å². The normalized spacial score (nSPS) is 32.2. The first-order chi connectivity index (χ1) is 12.0. The number of amides is 3. The highest BCUT2D eigenvalue weighted by Crippen LogP contribution is 2.55. The van der Waals surface area contributed by atoms with E-state index in [0.717, 1.165) is 19.3 Å². The predicted molar refractivity (Wildman–Crippen MR) is 86.6 cm³/mol. The zero-order valence-electron chi connectivity index (χ0n) is 14.0. The lowest BCUT2D eigenvalue weighted by Crippen LogP contribution is -2.62. The third-order valence-electron chi connectivity index (χ3n) is 5.73. The van der Waals surface area contributed by atoms with Crippen molar-refractivity contribution < 1.29 is 23.5 Å². The van der Waals surface area contributed by atoms with Gasteiger partial charge < -0.3 is 14.5 Å². The van der Waals surface area contributed by atoms with Gasteiger partial charge in [-0.1, -0.05) is 0 Å². The number of imide groups is 1. The fourth-order valence-electron chi connectivity index (χ4n) is 5.30. The molecule has 4 bridgehead atoms. The van der Waals surface area contributed by atoms with Gasteiger partial charge in [-0.2, -0.15) is 0 Å². The molecule has 0 radical (unpaired) electrons. The summed E-state index contributed by atoms with van der Waals surface area (Å²) in [5, 5.41) is 5.30. The Labute approximate surface area is 145 Å². The van der Waals surface area contributed by atoms with Crippen molar-refractivity contribution in [3.8, 4) is 0 Å². The molecule has 4 saturated carbocycles. The molecule has 4 aliphatic rings. The summed E-state index contributed by atoms with van der Waals surface area (Å²) < 4.78 is 9.70. The van der Waals surface area contributed by atoms with Crippen LogP contribution in [0.15, 0.2) is 22.8 Å². The van der Waals surface area contributed by atoms with Crippen LogP contribution >= 0.6 is 0 Å². The second-order valence-corrected chi connectivity index (χ2v) is 7.75. The average Bonchev–Trinajstić information content (AvgIpc) is 3.05. The molecule has 2 N–H and O–H groups in total. The first kappa shape index (κ1) is 16.2. The average molecular weight is 346 g/mol. The van der Waals surface area contributed by atoms with E-state index in [1.165, 1.54) is 31.6 Å². The SMILES string of the molecule is O=C(COC(=O)c1ccco1)NC(=O)NC12CC3CC(CC(C3)C1)C2. The standard InChI is InChI=1S/C18H22N2O5/c21-15(10-25-16(22)14-2-1-3-24-14)19-17(23)20-18-7-11-4-12(8-18)6-13(5-11)9-18/h1-3,11-13H,4-10H2,(H2,19,20,21,23). The van der Waals surface area contributed by atoms with E-state index in [1.54, 1.807) is 6.07 Å². The number of rotatable bonds is 4. The maximum atomic E-state index is 12.2. The summed E-state index contributed by atoms with van der Waals surface area (Å²) in [5.74, 6) is 0.749. The van der Waals surface area contributed by atoms with E-state index >= 15 is 0 Å². The number of carbonyl (C=O) groups excluding carboxylic acids is 3. The maximum absolute atomic E-state index is 12.2. The summed E-state index contributed by atoms with van der Waals surface area (Å²) in [6, 6.07) is 2.50. The van der Waals surface area contributed by atoms with Crippen LogP contribution in [0.5, 0.6) is 0 Å². The van der Waals surface area contributed by atoms with E-state index in [-0.39, 0.29) is 11.3 Å². The van der Waals surface area contributed by atoms with Gasteiger partial charge in [0.1, 0.15) is 0 Å². The summed E-state index contributed by atoms with van der Waals surface area (Å²) in [4.78, 5) is 35.6. The van der Waals surface area contributed by atoms with Gasteiger partial charge in [0.05, 0.1) is 6.26 Å². The second kappa shape index (κ2) is 6.20. The molecule has 134 valence electrons. The van der Waals surface area contributed by atoms with Crippen LogP contribution in [0.4, 0.5) is 4.79 Å². The number of hydrogen-bond donors (Lipinski definition) is 2. The Kier molecular flexibility index (Phi) is 4.01. The van der Waals surface area contributed by atoms with Crippen molar-refractivity contribution in [2.45, 2.75) is 44.1 Å². The van der Waals surface area contributed by atoms with Crippen LogP contribution < -0.4 is 10.6 Å². The molecule has 0 unspecified atom stereocenters. The highest BCUT2D eigenvalue weighted by Gasteiger charge is 2.51. The summed E-state index contributed by atoms with van der Waals surface area (Å²) in [6.07, 6.45) is 8.21. The Morgan fingerprint density at radius 3 is 2.32 bits per heavy atom. The lowest BCUT2D eigenvalue weighted by Gasteiger charge is -2.56. The van der Waals surface area contributed by atoms with E-state index in [0.29, 0.717) is 17.8 Å². The van der Waals surface area contributed by atoms with Crippen molar-refractivity contribution in [1.29, 1.82) is 0 Å². The van der Waals surface area contributed by atoms with Gasteiger partial charge in [0.15, 0.2) is 6.61 Å². The molecule has 0 saturated heterocycles. The fraction of sp³-hybridized carbons (Fsp3) is 0.611. The molecule has 25 heavy (non-hydrogen) atoms. The van der Waals surface area contributed by atoms with Crippen molar-refractivity contribution in [3.05, 3.63) is 24.2 Å². The maximum Gasteiger partial charge on any atom is 0.374 e. The van der Waals surface area contributed by atoms with Crippen LogP contribution in [0.3, 0.4) is 0 Å². The summed E-state index contributed by atoms with van der Waals surface area (Å²) in [6.45, 7) is -0.520. The van der Waals surface area contributed by atoms with Crippen LogP contribution in [0.25, 0.3) is 0 Å². The van der Waals surface area contributed by atoms with Crippen molar-refractivity contribution >= 4 is 17.9 Å². The highest BCUT2D eigenvalue weighted by atomic mass is 16.5. The molecular formula is C18H22N2O5. The van der Waals surface area contributed by atoms with Crippen molar-refractivity contribution in [1.82, 2.24) is 10.6 Å². The van der Waals surface area contributed by atoms with Gasteiger partial charge in [-0.05, 0) is 68.4 Å². The Balaban J connectivity index is 1.26. The molecule has 0 aliphatic heterocycles. The van der Waals surface area contributed by atoms with Gasteiger partial charge in [-0.15, -0.1) is 0 Å². The Morgan fingerprint density at radius 2 is 1.76 bits per heavy atom. The van der Waals surface area contributed by atoms with Gasteiger partial charge in [0, 0.05) is 5.54 Å². The molecule has 0 spiro atoms. The Morgan fingerprint density at radius 1 is 1.12 bits per heavy atom. The van der Waals surface area contributed by atoms with Crippen LogP contribution in [-0.4, -0.2) is 30.1 Å². The highest BCUT2D eigenvalue weighted by molar-refractivity contribution is 5.96. The molecule has 5 rings (SSSR count). The minimum Gasteiger partial charge on any atom is -0.457 e. The number of hydrogen-bond acceptors (Lipinski definition) is 5. The summed E-state index contributed by atoms with van der Waals surface area (Å²) >= 11 is 0. The number of nitrogens with one attached hydrogen (secondary N) is 2. The summed E-state index contributed by atoms with van der Waals surface area (Å²) in [5.41, 5.74) is -0.163. The van der Waals surface area contributed by atoms with Gasteiger partial charge in [-0.25, -0.2) is 9.59 Å². The first-order valence-electron chi connectivity index (χ1n) is 8.84. The van der Waals surface area contributed by atoms with E-state index in [1.807, 2.05) is 0 Å². The predicted octanol–water partition coefficient (Wildman–Crippen LogP) is 2.23. The third-order valence-corrected chi connectivity index (χ3v) is 5.73. The largest absolute Gasteiger partial charge is 0.457 e. The van der Waals surface area contributed by atoms with Gasteiger partial charge >= 0.3 is 12.0 Å². The molecular weight excluding hydrogens is 324 g/mol. The van der Waals surface area contributed by atoms with Gasteiger partial charge in [0.25, 0.3) is 5.91 Å². The topological polar surface area (TPSA) is 97.6 Å². The molecule has 7 nitrogen and oxygen atoms in total. The summed E-state index contributed by atoms with van der Waals surface area (Å²) in [7, 11) is 0. The molecule has 4 aliphatic carbocycles. The van der Waals surface area contributed by atoms with Gasteiger partial charge in [-0.3, -0.25) is 10.1 Å². The second-order valence-electron chi connectivity index (χ2n) is 7.75. The van der Waals surface area contributed by atoms with Crippen LogP contribution in [0, 0.1) is 17.8 Å². The van der Waals surface area contributed by atoms with E-state index in [4.69, 9.17) is 9.15 Å². The lowest BCUT2D eigenvalue weighted by atomic mass is 9.53. The van der Waals surface area contributed by atoms with E-state index < -0.39 is 24.5 Å². The third kappa shape index (κ3) is 3.41. The number of furan rings is 1.